The summed E-state index contributed by atoms with van der Waals surface area (Å²) in [4.78, 5) is 11.4. The normalized spacial score (nSPS) is 49.4. The second-order valence-corrected chi connectivity index (χ2v) is 7.13. The summed E-state index contributed by atoms with van der Waals surface area (Å²) in [6.07, 6.45) is 7.24. The molecule has 0 saturated heterocycles. The van der Waals surface area contributed by atoms with Crippen LogP contribution in [0.5, 0.6) is 0 Å². The monoisotopic (exact) mass is 243 g/mol. The minimum atomic E-state index is -0.248. The van der Waals surface area contributed by atoms with Gasteiger partial charge in [-0.05, 0) is 55.8 Å². The molecule has 2 unspecified atom stereocenters. The molecular weight excluding hydrogens is 226 g/mol. The van der Waals surface area contributed by atoms with E-state index in [1.807, 2.05) is 0 Å². The number of nitrogens with one attached hydrogen (secondary N) is 1. The molecule has 0 heterocycles. The standard InChI is InChI=1S/C12H18ClNO2/c13-12-4-8-1-9(5-12)3-11(2-8,7-12)6-10(15)14-16/h8-9,16H,1-7H2,(H,14,15)/t8-,9+,11?,12?. The van der Waals surface area contributed by atoms with Crippen LogP contribution in [0.1, 0.15) is 44.9 Å². The van der Waals surface area contributed by atoms with Crippen molar-refractivity contribution in [2.75, 3.05) is 0 Å². The van der Waals surface area contributed by atoms with Gasteiger partial charge in [-0.3, -0.25) is 10.0 Å². The molecule has 0 spiro atoms. The summed E-state index contributed by atoms with van der Waals surface area (Å²) in [5.41, 5.74) is 1.85. The van der Waals surface area contributed by atoms with E-state index in [0.717, 1.165) is 32.1 Å². The van der Waals surface area contributed by atoms with Crippen LogP contribution in [0.25, 0.3) is 0 Å². The number of alkyl halides is 1. The minimum Gasteiger partial charge on any atom is -0.289 e. The lowest BCUT2D eigenvalue weighted by molar-refractivity contribution is -0.136. The van der Waals surface area contributed by atoms with Gasteiger partial charge in [0.15, 0.2) is 0 Å². The largest absolute Gasteiger partial charge is 0.289 e. The maximum atomic E-state index is 11.4. The third-order valence-electron chi connectivity index (χ3n) is 4.77. The molecule has 4 saturated carbocycles. The Morgan fingerprint density at radius 3 is 2.44 bits per heavy atom. The predicted molar refractivity (Wildman–Crippen MR) is 60.2 cm³/mol. The summed E-state index contributed by atoms with van der Waals surface area (Å²) in [6.45, 7) is 0. The fourth-order valence-corrected chi connectivity index (χ4v) is 5.64. The van der Waals surface area contributed by atoms with Crippen LogP contribution < -0.4 is 5.48 Å². The zero-order valence-electron chi connectivity index (χ0n) is 9.34. The van der Waals surface area contributed by atoms with Gasteiger partial charge < -0.3 is 0 Å². The van der Waals surface area contributed by atoms with Crippen molar-refractivity contribution in [3.8, 4) is 0 Å². The van der Waals surface area contributed by atoms with Gasteiger partial charge in [0.1, 0.15) is 0 Å². The third kappa shape index (κ3) is 1.65. The molecule has 4 aliphatic carbocycles. The van der Waals surface area contributed by atoms with Gasteiger partial charge >= 0.3 is 0 Å². The van der Waals surface area contributed by atoms with Crippen molar-refractivity contribution in [1.82, 2.24) is 5.48 Å². The van der Waals surface area contributed by atoms with Crippen LogP contribution in [0, 0.1) is 17.3 Å². The molecule has 0 aromatic rings. The number of amides is 1. The number of halogens is 1. The third-order valence-corrected chi connectivity index (χ3v) is 5.21. The summed E-state index contributed by atoms with van der Waals surface area (Å²) >= 11 is 6.65. The highest BCUT2D eigenvalue weighted by atomic mass is 35.5. The number of rotatable bonds is 2. The maximum Gasteiger partial charge on any atom is 0.243 e. The maximum absolute atomic E-state index is 11.4. The van der Waals surface area contributed by atoms with Gasteiger partial charge in [-0.25, -0.2) is 5.48 Å². The van der Waals surface area contributed by atoms with Crippen LogP contribution in [0.15, 0.2) is 0 Å². The summed E-state index contributed by atoms with van der Waals surface area (Å²) in [7, 11) is 0. The second-order valence-electron chi connectivity index (χ2n) is 6.32. The topological polar surface area (TPSA) is 49.3 Å². The Morgan fingerprint density at radius 2 is 1.94 bits per heavy atom. The highest BCUT2D eigenvalue weighted by molar-refractivity contribution is 6.24. The first-order valence-electron chi connectivity index (χ1n) is 6.14. The molecule has 4 bridgehead atoms. The lowest BCUT2D eigenvalue weighted by Crippen LogP contribution is -2.54. The first-order chi connectivity index (χ1) is 7.53. The summed E-state index contributed by atoms with van der Waals surface area (Å²) in [5, 5.41) is 8.67. The van der Waals surface area contributed by atoms with Gasteiger partial charge in [0.2, 0.25) is 5.91 Å². The Bertz CT molecular complexity index is 317. The molecule has 0 aromatic heterocycles. The summed E-state index contributed by atoms with van der Waals surface area (Å²) in [6, 6.07) is 0. The fraction of sp³-hybridized carbons (Fsp3) is 0.917. The van der Waals surface area contributed by atoms with Crippen molar-refractivity contribution in [1.29, 1.82) is 0 Å². The molecule has 2 N–H and O–H groups in total. The van der Waals surface area contributed by atoms with Crippen molar-refractivity contribution in [3.63, 3.8) is 0 Å². The lowest BCUT2D eigenvalue weighted by atomic mass is 9.48. The Balaban J connectivity index is 1.83. The smallest absolute Gasteiger partial charge is 0.243 e. The molecule has 4 rings (SSSR count). The van der Waals surface area contributed by atoms with E-state index >= 15 is 0 Å². The molecule has 3 nitrogen and oxygen atoms in total. The quantitative estimate of drug-likeness (QED) is 0.445. The number of hydrogen-bond donors (Lipinski definition) is 2. The molecule has 0 aliphatic heterocycles. The Kier molecular flexibility index (Phi) is 2.28. The van der Waals surface area contributed by atoms with E-state index in [9.17, 15) is 4.79 Å². The molecule has 90 valence electrons. The molecule has 4 aliphatic rings. The number of carbonyl (C=O) groups excluding carboxylic acids is 1. The predicted octanol–water partition coefficient (Wildman–Crippen LogP) is 2.46. The van der Waals surface area contributed by atoms with Crippen LogP contribution in [-0.2, 0) is 4.79 Å². The van der Waals surface area contributed by atoms with Crippen LogP contribution in [0.2, 0.25) is 0 Å². The minimum absolute atomic E-state index is 0.0418. The highest BCUT2D eigenvalue weighted by Gasteiger charge is 2.57. The van der Waals surface area contributed by atoms with E-state index in [2.05, 4.69) is 0 Å². The van der Waals surface area contributed by atoms with Gasteiger partial charge in [0.25, 0.3) is 0 Å². The van der Waals surface area contributed by atoms with Gasteiger partial charge in [0, 0.05) is 11.3 Å². The first-order valence-corrected chi connectivity index (χ1v) is 6.52. The molecule has 4 atom stereocenters. The van der Waals surface area contributed by atoms with Gasteiger partial charge in [-0.15, -0.1) is 11.6 Å². The average molecular weight is 244 g/mol. The van der Waals surface area contributed by atoms with E-state index in [0.29, 0.717) is 18.3 Å². The van der Waals surface area contributed by atoms with E-state index < -0.39 is 0 Å². The number of hydroxylamine groups is 1. The second kappa shape index (κ2) is 3.36. The van der Waals surface area contributed by atoms with Crippen LogP contribution in [0.3, 0.4) is 0 Å². The summed E-state index contributed by atoms with van der Waals surface area (Å²) < 4.78 is 0. The Hall–Kier alpha value is -0.280. The van der Waals surface area contributed by atoms with Crippen molar-refractivity contribution in [3.05, 3.63) is 0 Å². The van der Waals surface area contributed by atoms with Crippen LogP contribution in [-0.4, -0.2) is 16.0 Å². The molecular formula is C12H18ClNO2. The van der Waals surface area contributed by atoms with Gasteiger partial charge in [0.05, 0.1) is 0 Å². The van der Waals surface area contributed by atoms with Gasteiger partial charge in [-0.2, -0.15) is 0 Å². The average Bonchev–Trinajstić information content (AvgIpc) is 2.12. The van der Waals surface area contributed by atoms with Crippen LogP contribution in [0.4, 0.5) is 0 Å². The molecule has 16 heavy (non-hydrogen) atoms. The Labute approximate surface area is 100 Å². The molecule has 4 heteroatoms. The zero-order valence-corrected chi connectivity index (χ0v) is 10.1. The van der Waals surface area contributed by atoms with Crippen molar-refractivity contribution < 1.29 is 10.0 Å². The van der Waals surface area contributed by atoms with Crippen molar-refractivity contribution in [2.24, 2.45) is 17.3 Å². The first kappa shape index (κ1) is 10.8. The molecule has 0 radical (unpaired) electrons. The van der Waals surface area contributed by atoms with Gasteiger partial charge in [-0.1, -0.05) is 0 Å². The van der Waals surface area contributed by atoms with Crippen molar-refractivity contribution >= 4 is 17.5 Å². The van der Waals surface area contributed by atoms with E-state index in [1.165, 1.54) is 6.42 Å². The summed E-state index contributed by atoms with van der Waals surface area (Å²) in [5.74, 6) is 1.18. The Morgan fingerprint density at radius 1 is 1.31 bits per heavy atom. The fourth-order valence-electron chi connectivity index (χ4n) is 4.92. The number of hydrogen-bond acceptors (Lipinski definition) is 2. The SMILES string of the molecule is O=C(CC12C[C@@H]3C[C@@H](CC(Cl)(C3)C1)C2)NO. The lowest BCUT2D eigenvalue weighted by Gasteiger charge is -2.60. The van der Waals surface area contributed by atoms with Crippen LogP contribution >= 0.6 is 11.6 Å². The highest BCUT2D eigenvalue weighted by Crippen LogP contribution is 2.64. The number of carbonyl (C=O) groups is 1. The van der Waals surface area contributed by atoms with E-state index in [1.54, 1.807) is 5.48 Å². The van der Waals surface area contributed by atoms with Crippen molar-refractivity contribution in [2.45, 2.75) is 49.8 Å². The zero-order chi connectivity index (χ0) is 11.4. The molecule has 0 aromatic carbocycles. The molecule has 4 fully saturated rings. The van der Waals surface area contributed by atoms with E-state index in [4.69, 9.17) is 16.8 Å². The van der Waals surface area contributed by atoms with E-state index in [-0.39, 0.29) is 16.2 Å². The molecule has 1 amide bonds.